The van der Waals surface area contributed by atoms with Crippen LogP contribution in [0.25, 0.3) is 0 Å². The number of carbonyl (C=O) groups excluding carboxylic acids is 1. The van der Waals surface area contributed by atoms with Crippen LogP contribution in [0.15, 0.2) is 35.5 Å². The average Bonchev–Trinajstić information content (AvgIpc) is 2.11. The van der Waals surface area contributed by atoms with Gasteiger partial charge in [-0.15, -0.1) is 0 Å². The molecule has 0 saturated heterocycles. The zero-order valence-electron chi connectivity index (χ0n) is 10.2. The molecule has 0 aliphatic heterocycles. The van der Waals surface area contributed by atoms with Gasteiger partial charge in [-0.3, -0.25) is 4.79 Å². The Morgan fingerprint density at radius 1 is 1.40 bits per heavy atom. The number of hydrogen-bond donors (Lipinski definition) is 0. The van der Waals surface area contributed by atoms with Crippen molar-refractivity contribution in [1.82, 2.24) is 0 Å². The van der Waals surface area contributed by atoms with Crippen molar-refractivity contribution < 1.29 is 4.79 Å². The molecule has 15 heavy (non-hydrogen) atoms. The molecular formula is C14H20O. The van der Waals surface area contributed by atoms with E-state index in [0.29, 0.717) is 12.2 Å². The zero-order valence-corrected chi connectivity index (χ0v) is 10.2. The van der Waals surface area contributed by atoms with E-state index in [1.54, 1.807) is 0 Å². The first-order valence-electron chi connectivity index (χ1n) is 5.43. The summed E-state index contributed by atoms with van der Waals surface area (Å²) in [6, 6.07) is 0. The monoisotopic (exact) mass is 204 g/mol. The van der Waals surface area contributed by atoms with E-state index in [2.05, 4.69) is 19.6 Å². The molecule has 1 heteroatoms. The minimum Gasteiger partial charge on any atom is -0.299 e. The van der Waals surface area contributed by atoms with Crippen molar-refractivity contribution in [3.05, 3.63) is 35.5 Å². The van der Waals surface area contributed by atoms with Crippen LogP contribution in [0.2, 0.25) is 0 Å². The smallest absolute Gasteiger partial charge is 0.143 e. The number of ketones is 1. The molecule has 82 valence electrons. The van der Waals surface area contributed by atoms with E-state index in [0.717, 1.165) is 12.0 Å². The van der Waals surface area contributed by atoms with Crippen LogP contribution < -0.4 is 0 Å². The molecule has 0 aromatic rings. The number of rotatable bonds is 2. The van der Waals surface area contributed by atoms with Gasteiger partial charge in [-0.05, 0) is 39.7 Å². The van der Waals surface area contributed by atoms with Crippen molar-refractivity contribution in [2.45, 2.75) is 40.5 Å². The fourth-order valence-electron chi connectivity index (χ4n) is 2.01. The highest BCUT2D eigenvalue weighted by molar-refractivity contribution is 5.89. The molecule has 0 N–H and O–H groups in total. The van der Waals surface area contributed by atoms with Gasteiger partial charge in [0.25, 0.3) is 0 Å². The van der Waals surface area contributed by atoms with Gasteiger partial charge in [0.15, 0.2) is 0 Å². The van der Waals surface area contributed by atoms with Crippen LogP contribution in [0, 0.1) is 5.41 Å². The Hall–Kier alpha value is -1.11. The van der Waals surface area contributed by atoms with Gasteiger partial charge in [0.1, 0.15) is 5.78 Å². The Balaban J connectivity index is 3.10. The van der Waals surface area contributed by atoms with Crippen molar-refractivity contribution in [3.63, 3.8) is 0 Å². The van der Waals surface area contributed by atoms with Crippen molar-refractivity contribution in [2.75, 3.05) is 0 Å². The summed E-state index contributed by atoms with van der Waals surface area (Å²) in [7, 11) is 0. The highest BCUT2D eigenvalue weighted by Crippen LogP contribution is 2.38. The highest BCUT2D eigenvalue weighted by atomic mass is 16.1. The van der Waals surface area contributed by atoms with Gasteiger partial charge in [0.05, 0.1) is 0 Å². The highest BCUT2D eigenvalue weighted by Gasteiger charge is 2.34. The summed E-state index contributed by atoms with van der Waals surface area (Å²) >= 11 is 0. The second-order valence-corrected chi connectivity index (χ2v) is 4.92. The predicted octanol–water partition coefficient (Wildman–Crippen LogP) is 3.82. The average molecular weight is 204 g/mol. The second kappa shape index (κ2) is 4.18. The maximum atomic E-state index is 11.8. The van der Waals surface area contributed by atoms with Gasteiger partial charge in [-0.1, -0.05) is 29.9 Å². The van der Waals surface area contributed by atoms with E-state index in [1.165, 1.54) is 11.1 Å². The van der Waals surface area contributed by atoms with E-state index in [1.807, 2.05) is 26.8 Å². The molecule has 0 aromatic carbocycles. The molecule has 0 saturated carbocycles. The molecule has 1 rings (SSSR count). The topological polar surface area (TPSA) is 17.1 Å². The van der Waals surface area contributed by atoms with E-state index in [-0.39, 0.29) is 5.41 Å². The third-order valence-electron chi connectivity index (χ3n) is 3.09. The van der Waals surface area contributed by atoms with Crippen molar-refractivity contribution in [3.8, 4) is 0 Å². The Labute approximate surface area is 92.6 Å². The molecule has 0 radical (unpaired) electrons. The summed E-state index contributed by atoms with van der Waals surface area (Å²) in [5, 5.41) is 0. The molecule has 0 unspecified atom stereocenters. The molecule has 0 heterocycles. The first-order valence-corrected chi connectivity index (χ1v) is 5.43. The zero-order chi connectivity index (χ0) is 11.6. The third-order valence-corrected chi connectivity index (χ3v) is 3.09. The van der Waals surface area contributed by atoms with Crippen LogP contribution in [0.4, 0.5) is 0 Å². The molecule has 1 nitrogen and oxygen atoms in total. The van der Waals surface area contributed by atoms with Gasteiger partial charge < -0.3 is 0 Å². The Bertz CT molecular complexity index is 354. The summed E-state index contributed by atoms with van der Waals surface area (Å²) in [6.07, 6.45) is 5.62. The van der Waals surface area contributed by atoms with Crippen LogP contribution in [-0.2, 0) is 4.79 Å². The molecule has 0 aromatic heterocycles. The summed E-state index contributed by atoms with van der Waals surface area (Å²) in [5.41, 5.74) is 3.19. The first kappa shape index (κ1) is 12.0. The lowest BCUT2D eigenvalue weighted by Crippen LogP contribution is -2.30. The van der Waals surface area contributed by atoms with Gasteiger partial charge >= 0.3 is 0 Å². The van der Waals surface area contributed by atoms with Crippen LogP contribution >= 0.6 is 0 Å². The number of carbonyl (C=O) groups is 1. The van der Waals surface area contributed by atoms with Gasteiger partial charge in [0.2, 0.25) is 0 Å². The summed E-state index contributed by atoms with van der Waals surface area (Å²) in [6.45, 7) is 11.9. The molecule has 0 atom stereocenters. The Kier molecular flexibility index (Phi) is 3.33. The summed E-state index contributed by atoms with van der Waals surface area (Å²) in [4.78, 5) is 11.8. The van der Waals surface area contributed by atoms with Crippen molar-refractivity contribution >= 4 is 5.78 Å². The first-order chi connectivity index (χ1) is 6.85. The SMILES string of the molecule is C=C(C)/C=C/C1=C(C)CCC(=O)C1(C)C. The molecule has 0 spiro atoms. The molecule has 1 aliphatic carbocycles. The normalized spacial score (nSPS) is 21.2. The van der Waals surface area contributed by atoms with Gasteiger partial charge in [0, 0.05) is 11.8 Å². The van der Waals surface area contributed by atoms with Crippen molar-refractivity contribution in [2.24, 2.45) is 5.41 Å². The molecular weight excluding hydrogens is 184 g/mol. The Morgan fingerprint density at radius 2 is 2.00 bits per heavy atom. The van der Waals surface area contributed by atoms with Crippen LogP contribution in [0.3, 0.4) is 0 Å². The van der Waals surface area contributed by atoms with E-state index in [4.69, 9.17) is 0 Å². The standard InChI is InChI=1S/C14H20O/c1-10(2)6-8-12-11(3)7-9-13(15)14(12,4)5/h6,8H,1,7,9H2,2-5H3/b8-6+. The van der Waals surface area contributed by atoms with E-state index >= 15 is 0 Å². The number of Topliss-reactive ketones (excluding diaryl/α,β-unsaturated/α-hetero) is 1. The maximum Gasteiger partial charge on any atom is 0.143 e. The molecule has 0 fully saturated rings. The Morgan fingerprint density at radius 3 is 2.53 bits per heavy atom. The number of hydrogen-bond acceptors (Lipinski definition) is 1. The quantitative estimate of drug-likeness (QED) is 0.625. The second-order valence-electron chi connectivity index (χ2n) is 4.92. The fraction of sp³-hybridized carbons (Fsp3) is 0.500. The van der Waals surface area contributed by atoms with Gasteiger partial charge in [-0.2, -0.15) is 0 Å². The lowest BCUT2D eigenvalue weighted by molar-refractivity contribution is -0.125. The van der Waals surface area contributed by atoms with Crippen LogP contribution in [0.5, 0.6) is 0 Å². The van der Waals surface area contributed by atoms with E-state index in [9.17, 15) is 4.79 Å². The lowest BCUT2D eigenvalue weighted by atomic mass is 9.71. The minimum absolute atomic E-state index is 0.325. The lowest BCUT2D eigenvalue weighted by Gasteiger charge is -2.31. The van der Waals surface area contributed by atoms with Crippen LogP contribution in [-0.4, -0.2) is 5.78 Å². The molecule has 0 bridgehead atoms. The summed E-state index contributed by atoms with van der Waals surface area (Å²) < 4.78 is 0. The predicted molar refractivity (Wildman–Crippen MR) is 64.7 cm³/mol. The van der Waals surface area contributed by atoms with E-state index < -0.39 is 0 Å². The maximum absolute atomic E-state index is 11.8. The molecule has 1 aliphatic rings. The van der Waals surface area contributed by atoms with Crippen LogP contribution in [0.1, 0.15) is 40.5 Å². The summed E-state index contributed by atoms with van der Waals surface area (Å²) in [5.74, 6) is 0.342. The molecule has 0 amide bonds. The fourth-order valence-corrected chi connectivity index (χ4v) is 2.01. The number of allylic oxidation sites excluding steroid dienone is 5. The van der Waals surface area contributed by atoms with Crippen molar-refractivity contribution in [1.29, 1.82) is 0 Å². The largest absolute Gasteiger partial charge is 0.299 e. The third kappa shape index (κ3) is 2.47. The minimum atomic E-state index is -0.325. The van der Waals surface area contributed by atoms with Gasteiger partial charge in [-0.25, -0.2) is 0 Å².